The van der Waals surface area contributed by atoms with Crippen molar-refractivity contribution < 1.29 is 5.11 Å². The van der Waals surface area contributed by atoms with E-state index in [0.717, 1.165) is 36.5 Å². The van der Waals surface area contributed by atoms with Crippen molar-refractivity contribution in [3.63, 3.8) is 0 Å². The highest BCUT2D eigenvalue weighted by Gasteiger charge is 2.19. The minimum Gasteiger partial charge on any atom is -0.393 e. The van der Waals surface area contributed by atoms with E-state index >= 15 is 0 Å². The molecular formula is C11H18N2OS. The maximum absolute atomic E-state index is 9.40. The zero-order valence-electron chi connectivity index (χ0n) is 9.29. The van der Waals surface area contributed by atoms with Gasteiger partial charge in [0.25, 0.3) is 0 Å². The molecule has 0 radical (unpaired) electrons. The van der Waals surface area contributed by atoms with Crippen molar-refractivity contribution >= 4 is 16.5 Å². The van der Waals surface area contributed by atoms with Gasteiger partial charge in [0.2, 0.25) is 0 Å². The third-order valence-electron chi connectivity index (χ3n) is 3.05. The molecule has 1 aromatic heterocycles. The van der Waals surface area contributed by atoms with Gasteiger partial charge in [0.15, 0.2) is 5.13 Å². The van der Waals surface area contributed by atoms with Crippen molar-refractivity contribution in [1.82, 2.24) is 4.98 Å². The van der Waals surface area contributed by atoms with Gasteiger partial charge >= 0.3 is 0 Å². The average Bonchev–Trinajstić information content (AvgIpc) is 2.50. The van der Waals surface area contributed by atoms with Crippen LogP contribution in [0, 0.1) is 13.8 Å². The number of aliphatic hydroxyl groups is 1. The molecule has 0 atom stereocenters. The van der Waals surface area contributed by atoms with Crippen LogP contribution in [0.3, 0.4) is 0 Å². The predicted octanol–water partition coefficient (Wildman–Crippen LogP) is 2.48. The average molecular weight is 226 g/mol. The summed E-state index contributed by atoms with van der Waals surface area (Å²) in [5.41, 5.74) is 1.12. The van der Waals surface area contributed by atoms with Gasteiger partial charge in [0.05, 0.1) is 11.8 Å². The van der Waals surface area contributed by atoms with Gasteiger partial charge in [-0.1, -0.05) is 0 Å². The lowest BCUT2D eigenvalue weighted by Crippen LogP contribution is -2.28. The summed E-state index contributed by atoms with van der Waals surface area (Å²) >= 11 is 1.72. The zero-order valence-corrected chi connectivity index (χ0v) is 10.1. The second kappa shape index (κ2) is 4.49. The van der Waals surface area contributed by atoms with E-state index in [9.17, 15) is 5.11 Å². The number of aryl methyl sites for hydroxylation is 2. The van der Waals surface area contributed by atoms with Crippen molar-refractivity contribution in [2.24, 2.45) is 0 Å². The van der Waals surface area contributed by atoms with E-state index in [1.54, 1.807) is 11.3 Å². The number of thiazole rings is 1. The summed E-state index contributed by atoms with van der Waals surface area (Å²) in [6, 6.07) is 0.498. The first kappa shape index (κ1) is 10.9. The number of aromatic nitrogens is 1. The van der Waals surface area contributed by atoms with Crippen LogP contribution in [0.2, 0.25) is 0 Å². The summed E-state index contributed by atoms with van der Waals surface area (Å²) < 4.78 is 0. The summed E-state index contributed by atoms with van der Waals surface area (Å²) in [4.78, 5) is 5.75. The van der Waals surface area contributed by atoms with Crippen LogP contribution in [-0.2, 0) is 0 Å². The Balaban J connectivity index is 1.91. The molecule has 4 heteroatoms. The monoisotopic (exact) mass is 226 g/mol. The molecule has 3 nitrogen and oxygen atoms in total. The van der Waals surface area contributed by atoms with Crippen molar-refractivity contribution in [1.29, 1.82) is 0 Å². The van der Waals surface area contributed by atoms with Crippen molar-refractivity contribution in [3.8, 4) is 0 Å². The van der Waals surface area contributed by atoms with E-state index in [1.165, 1.54) is 4.88 Å². The Morgan fingerprint density at radius 1 is 1.27 bits per heavy atom. The fraction of sp³-hybridized carbons (Fsp3) is 0.727. The molecule has 0 spiro atoms. The normalized spacial score (nSPS) is 26.6. The van der Waals surface area contributed by atoms with E-state index in [0.29, 0.717) is 6.04 Å². The third-order valence-corrected chi connectivity index (χ3v) is 4.06. The Morgan fingerprint density at radius 2 is 1.93 bits per heavy atom. The van der Waals surface area contributed by atoms with Gasteiger partial charge in [0.1, 0.15) is 0 Å². The molecule has 1 aromatic rings. The zero-order chi connectivity index (χ0) is 10.8. The van der Waals surface area contributed by atoms with Gasteiger partial charge in [-0.3, -0.25) is 0 Å². The number of anilines is 1. The lowest BCUT2D eigenvalue weighted by atomic mass is 9.93. The lowest BCUT2D eigenvalue weighted by Gasteiger charge is -2.25. The molecule has 1 fully saturated rings. The van der Waals surface area contributed by atoms with Gasteiger partial charge in [0, 0.05) is 10.9 Å². The van der Waals surface area contributed by atoms with Crippen LogP contribution in [0.15, 0.2) is 0 Å². The maximum atomic E-state index is 9.40. The van der Waals surface area contributed by atoms with Crippen LogP contribution in [-0.4, -0.2) is 22.2 Å². The molecule has 0 aromatic carbocycles. The molecule has 0 saturated heterocycles. The lowest BCUT2D eigenvalue weighted by molar-refractivity contribution is 0.126. The molecule has 2 rings (SSSR count). The van der Waals surface area contributed by atoms with Gasteiger partial charge < -0.3 is 10.4 Å². The molecule has 0 bridgehead atoms. The van der Waals surface area contributed by atoms with E-state index in [2.05, 4.69) is 17.2 Å². The Morgan fingerprint density at radius 3 is 2.47 bits per heavy atom. The topological polar surface area (TPSA) is 45.2 Å². The van der Waals surface area contributed by atoms with Crippen LogP contribution < -0.4 is 5.32 Å². The molecule has 1 saturated carbocycles. The first-order valence-corrected chi connectivity index (χ1v) is 6.35. The highest BCUT2D eigenvalue weighted by atomic mass is 32.1. The first-order chi connectivity index (χ1) is 7.15. The maximum Gasteiger partial charge on any atom is 0.183 e. The van der Waals surface area contributed by atoms with Gasteiger partial charge in [-0.15, -0.1) is 11.3 Å². The summed E-state index contributed by atoms with van der Waals surface area (Å²) in [5.74, 6) is 0. The molecule has 0 unspecified atom stereocenters. The smallest absolute Gasteiger partial charge is 0.183 e. The first-order valence-electron chi connectivity index (χ1n) is 5.54. The number of hydrogen-bond donors (Lipinski definition) is 2. The Bertz CT molecular complexity index is 310. The van der Waals surface area contributed by atoms with Crippen LogP contribution in [0.4, 0.5) is 5.13 Å². The Kier molecular flexibility index (Phi) is 3.26. The number of rotatable bonds is 2. The fourth-order valence-corrected chi connectivity index (χ4v) is 2.82. The molecule has 84 valence electrons. The standard InChI is InChI=1S/C11H18N2OS/c1-7-8(2)15-11(12-7)13-9-3-5-10(14)6-4-9/h9-10,14H,3-6H2,1-2H3,(H,12,13). The predicted molar refractivity (Wildman–Crippen MR) is 63.5 cm³/mol. The van der Waals surface area contributed by atoms with Crippen LogP contribution >= 0.6 is 11.3 Å². The number of hydrogen-bond acceptors (Lipinski definition) is 4. The van der Waals surface area contributed by atoms with Gasteiger partial charge in [-0.05, 0) is 39.5 Å². The molecular weight excluding hydrogens is 208 g/mol. The highest BCUT2D eigenvalue weighted by molar-refractivity contribution is 7.15. The summed E-state index contributed by atoms with van der Waals surface area (Å²) in [6.45, 7) is 4.14. The number of nitrogens with one attached hydrogen (secondary N) is 1. The van der Waals surface area contributed by atoms with E-state index in [-0.39, 0.29) is 6.10 Å². The van der Waals surface area contributed by atoms with Crippen molar-refractivity contribution in [3.05, 3.63) is 10.6 Å². The fourth-order valence-electron chi connectivity index (χ4n) is 1.93. The summed E-state index contributed by atoms with van der Waals surface area (Å²) in [7, 11) is 0. The van der Waals surface area contributed by atoms with E-state index in [1.807, 2.05) is 6.92 Å². The number of nitrogens with zero attached hydrogens (tertiary/aromatic N) is 1. The van der Waals surface area contributed by atoms with E-state index in [4.69, 9.17) is 0 Å². The molecule has 0 aliphatic heterocycles. The highest BCUT2D eigenvalue weighted by Crippen LogP contribution is 2.26. The second-order valence-corrected chi connectivity index (χ2v) is 5.51. The summed E-state index contributed by atoms with van der Waals surface area (Å²) in [6.07, 6.45) is 3.86. The minimum absolute atomic E-state index is 0.0807. The quantitative estimate of drug-likeness (QED) is 0.814. The Hall–Kier alpha value is -0.610. The molecule has 0 amide bonds. The van der Waals surface area contributed by atoms with Crippen LogP contribution in [0.25, 0.3) is 0 Å². The van der Waals surface area contributed by atoms with Gasteiger partial charge in [-0.25, -0.2) is 4.98 Å². The van der Waals surface area contributed by atoms with Crippen LogP contribution in [0.1, 0.15) is 36.3 Å². The molecule has 15 heavy (non-hydrogen) atoms. The SMILES string of the molecule is Cc1nc(NC2CCC(O)CC2)sc1C. The minimum atomic E-state index is -0.0807. The van der Waals surface area contributed by atoms with Crippen molar-refractivity contribution in [2.75, 3.05) is 5.32 Å². The summed E-state index contributed by atoms with van der Waals surface area (Å²) in [5, 5.41) is 13.9. The van der Waals surface area contributed by atoms with Crippen LogP contribution in [0.5, 0.6) is 0 Å². The molecule has 1 heterocycles. The number of aliphatic hydroxyl groups excluding tert-OH is 1. The Labute approximate surface area is 94.5 Å². The van der Waals surface area contributed by atoms with E-state index < -0.39 is 0 Å². The largest absolute Gasteiger partial charge is 0.393 e. The molecule has 2 N–H and O–H groups in total. The van der Waals surface area contributed by atoms with Crippen molar-refractivity contribution in [2.45, 2.75) is 51.7 Å². The van der Waals surface area contributed by atoms with Gasteiger partial charge in [-0.2, -0.15) is 0 Å². The molecule has 1 aliphatic rings. The molecule has 1 aliphatic carbocycles. The third kappa shape index (κ3) is 2.69. The second-order valence-electron chi connectivity index (χ2n) is 4.31.